The zero-order valence-electron chi connectivity index (χ0n) is 13.1. The Bertz CT molecular complexity index is 778. The van der Waals surface area contributed by atoms with Crippen LogP contribution in [0.5, 0.6) is 5.75 Å². The molecule has 118 valence electrons. The summed E-state index contributed by atoms with van der Waals surface area (Å²) in [4.78, 5) is 24.3. The van der Waals surface area contributed by atoms with Crippen LogP contribution in [0, 0.1) is 6.92 Å². The van der Waals surface area contributed by atoms with Gasteiger partial charge in [0.2, 0.25) is 0 Å². The molecule has 0 fully saturated rings. The SMILES string of the molecule is Cc1c(C(C)C(=O)O)cc2c(c1C(=O)c1ccccc1)OCC2. The maximum Gasteiger partial charge on any atom is 0.310 e. The van der Waals surface area contributed by atoms with Crippen molar-refractivity contribution in [3.63, 3.8) is 0 Å². The van der Waals surface area contributed by atoms with Crippen molar-refractivity contribution in [2.24, 2.45) is 0 Å². The standard InChI is InChI=1S/C19H18O4/c1-11-15(12(2)19(21)22)10-14-8-9-23-18(14)16(11)17(20)13-6-4-3-5-7-13/h3-7,10,12H,8-9H2,1-2H3,(H,21,22). The van der Waals surface area contributed by atoms with E-state index in [1.165, 1.54) is 0 Å². The third-order valence-corrected chi connectivity index (χ3v) is 4.37. The van der Waals surface area contributed by atoms with Crippen LogP contribution in [-0.2, 0) is 11.2 Å². The smallest absolute Gasteiger partial charge is 0.310 e. The molecule has 0 bridgehead atoms. The minimum Gasteiger partial charge on any atom is -0.492 e. The summed E-state index contributed by atoms with van der Waals surface area (Å²) in [6.07, 6.45) is 0.698. The summed E-state index contributed by atoms with van der Waals surface area (Å²) in [6, 6.07) is 10.9. The van der Waals surface area contributed by atoms with Gasteiger partial charge in [0.25, 0.3) is 0 Å². The Balaban J connectivity index is 2.20. The maximum absolute atomic E-state index is 12.9. The third kappa shape index (κ3) is 2.61. The molecule has 0 aliphatic carbocycles. The van der Waals surface area contributed by atoms with E-state index in [1.54, 1.807) is 26.0 Å². The van der Waals surface area contributed by atoms with E-state index in [0.29, 0.717) is 41.0 Å². The number of fused-ring (bicyclic) bond motifs is 1. The summed E-state index contributed by atoms with van der Waals surface area (Å²) in [5.41, 5.74) is 3.36. The molecule has 0 saturated carbocycles. The van der Waals surface area contributed by atoms with Gasteiger partial charge in [-0.25, -0.2) is 0 Å². The van der Waals surface area contributed by atoms with Crippen LogP contribution in [0.1, 0.15) is 45.5 Å². The molecular weight excluding hydrogens is 292 g/mol. The molecule has 0 amide bonds. The molecule has 1 N–H and O–H groups in total. The number of hydrogen-bond donors (Lipinski definition) is 1. The summed E-state index contributed by atoms with van der Waals surface area (Å²) in [5.74, 6) is -1.08. The second-order valence-corrected chi connectivity index (χ2v) is 5.81. The van der Waals surface area contributed by atoms with Gasteiger partial charge in [-0.1, -0.05) is 36.4 Å². The normalized spacial score (nSPS) is 14.0. The van der Waals surface area contributed by atoms with E-state index in [-0.39, 0.29) is 5.78 Å². The minimum atomic E-state index is -0.898. The molecule has 2 aromatic carbocycles. The Morgan fingerprint density at radius 1 is 1.22 bits per heavy atom. The molecule has 3 rings (SSSR count). The van der Waals surface area contributed by atoms with Crippen molar-refractivity contribution in [1.29, 1.82) is 0 Å². The largest absolute Gasteiger partial charge is 0.492 e. The molecule has 1 atom stereocenters. The number of carboxylic acids is 1. The Labute approximate surface area is 134 Å². The zero-order valence-corrected chi connectivity index (χ0v) is 13.1. The van der Waals surface area contributed by atoms with Crippen LogP contribution in [-0.4, -0.2) is 23.5 Å². The molecule has 2 aromatic rings. The van der Waals surface area contributed by atoms with Crippen molar-refractivity contribution in [2.45, 2.75) is 26.2 Å². The van der Waals surface area contributed by atoms with Crippen LogP contribution in [0.15, 0.2) is 36.4 Å². The Kier molecular flexibility index (Phi) is 3.90. The lowest BCUT2D eigenvalue weighted by molar-refractivity contribution is -0.138. The fourth-order valence-electron chi connectivity index (χ4n) is 3.04. The maximum atomic E-state index is 12.9. The van der Waals surface area contributed by atoms with Crippen molar-refractivity contribution < 1.29 is 19.4 Å². The van der Waals surface area contributed by atoms with Crippen LogP contribution in [0.25, 0.3) is 0 Å². The average molecular weight is 310 g/mol. The number of carboxylic acid groups (broad SMARTS) is 1. The van der Waals surface area contributed by atoms with Crippen LogP contribution in [0.3, 0.4) is 0 Å². The quantitative estimate of drug-likeness (QED) is 0.880. The number of carbonyl (C=O) groups is 2. The molecule has 0 radical (unpaired) electrons. The zero-order chi connectivity index (χ0) is 16.6. The van der Waals surface area contributed by atoms with E-state index in [9.17, 15) is 14.7 Å². The van der Waals surface area contributed by atoms with Crippen molar-refractivity contribution in [3.05, 3.63) is 64.2 Å². The molecule has 4 heteroatoms. The molecule has 1 aliphatic rings. The fourth-order valence-corrected chi connectivity index (χ4v) is 3.04. The second-order valence-electron chi connectivity index (χ2n) is 5.81. The highest BCUT2D eigenvalue weighted by Gasteiger charge is 2.29. The van der Waals surface area contributed by atoms with E-state index in [1.807, 2.05) is 24.3 Å². The highest BCUT2D eigenvalue weighted by molar-refractivity contribution is 6.12. The van der Waals surface area contributed by atoms with Gasteiger partial charge in [0.05, 0.1) is 18.1 Å². The number of hydrogen-bond acceptors (Lipinski definition) is 3. The van der Waals surface area contributed by atoms with Gasteiger partial charge in [0, 0.05) is 12.0 Å². The highest BCUT2D eigenvalue weighted by Crippen LogP contribution is 2.38. The topological polar surface area (TPSA) is 63.6 Å². The number of carbonyl (C=O) groups excluding carboxylic acids is 1. The Morgan fingerprint density at radius 3 is 2.57 bits per heavy atom. The first-order chi connectivity index (χ1) is 11.0. The van der Waals surface area contributed by atoms with Gasteiger partial charge >= 0.3 is 5.97 Å². The van der Waals surface area contributed by atoms with Crippen LogP contribution in [0.4, 0.5) is 0 Å². The predicted octanol–water partition coefficient (Wildman–Crippen LogP) is 3.35. The van der Waals surface area contributed by atoms with Gasteiger partial charge in [0.1, 0.15) is 5.75 Å². The Hall–Kier alpha value is -2.62. The van der Waals surface area contributed by atoms with Gasteiger partial charge < -0.3 is 9.84 Å². The lowest BCUT2D eigenvalue weighted by Crippen LogP contribution is -2.13. The number of ether oxygens (including phenoxy) is 1. The van der Waals surface area contributed by atoms with E-state index < -0.39 is 11.9 Å². The van der Waals surface area contributed by atoms with Crippen molar-refractivity contribution in [1.82, 2.24) is 0 Å². The van der Waals surface area contributed by atoms with E-state index in [2.05, 4.69) is 0 Å². The van der Waals surface area contributed by atoms with Gasteiger partial charge in [-0.2, -0.15) is 0 Å². The number of ketones is 1. The van der Waals surface area contributed by atoms with Crippen LogP contribution < -0.4 is 4.74 Å². The first kappa shape index (κ1) is 15.3. The van der Waals surface area contributed by atoms with Gasteiger partial charge in [0.15, 0.2) is 5.78 Å². The van der Waals surface area contributed by atoms with E-state index in [4.69, 9.17) is 4.74 Å². The fraction of sp³-hybridized carbons (Fsp3) is 0.263. The summed E-state index contributed by atoms with van der Waals surface area (Å²) in [5, 5.41) is 9.34. The summed E-state index contributed by atoms with van der Waals surface area (Å²) < 4.78 is 5.68. The molecule has 1 aliphatic heterocycles. The Morgan fingerprint density at radius 2 is 1.91 bits per heavy atom. The van der Waals surface area contributed by atoms with Crippen molar-refractivity contribution in [3.8, 4) is 5.75 Å². The van der Waals surface area contributed by atoms with Crippen LogP contribution in [0.2, 0.25) is 0 Å². The molecule has 0 spiro atoms. The molecule has 0 aromatic heterocycles. The predicted molar refractivity (Wildman–Crippen MR) is 86.3 cm³/mol. The lowest BCUT2D eigenvalue weighted by atomic mass is 9.87. The van der Waals surface area contributed by atoms with Crippen molar-refractivity contribution >= 4 is 11.8 Å². The number of aliphatic carboxylic acids is 1. The van der Waals surface area contributed by atoms with Gasteiger partial charge in [-0.05, 0) is 30.5 Å². The average Bonchev–Trinajstić information content (AvgIpc) is 3.01. The molecule has 1 heterocycles. The number of rotatable bonds is 4. The lowest BCUT2D eigenvalue weighted by Gasteiger charge is -2.17. The molecule has 0 saturated heterocycles. The first-order valence-corrected chi connectivity index (χ1v) is 7.62. The first-order valence-electron chi connectivity index (χ1n) is 7.62. The monoisotopic (exact) mass is 310 g/mol. The second kappa shape index (κ2) is 5.88. The van der Waals surface area contributed by atoms with E-state index >= 15 is 0 Å². The van der Waals surface area contributed by atoms with Gasteiger partial charge in [-0.3, -0.25) is 9.59 Å². The third-order valence-electron chi connectivity index (χ3n) is 4.37. The minimum absolute atomic E-state index is 0.124. The summed E-state index contributed by atoms with van der Waals surface area (Å²) in [7, 11) is 0. The van der Waals surface area contributed by atoms with E-state index in [0.717, 1.165) is 5.56 Å². The summed E-state index contributed by atoms with van der Waals surface area (Å²) in [6.45, 7) is 3.96. The number of benzene rings is 2. The van der Waals surface area contributed by atoms with Gasteiger partial charge in [-0.15, -0.1) is 0 Å². The molecular formula is C19H18O4. The van der Waals surface area contributed by atoms with Crippen molar-refractivity contribution in [2.75, 3.05) is 6.61 Å². The van der Waals surface area contributed by atoms with Crippen LogP contribution >= 0.6 is 0 Å². The molecule has 4 nitrogen and oxygen atoms in total. The summed E-state index contributed by atoms with van der Waals surface area (Å²) >= 11 is 0. The molecule has 23 heavy (non-hydrogen) atoms. The highest BCUT2D eigenvalue weighted by atomic mass is 16.5. The molecule has 1 unspecified atom stereocenters.